The molecule has 3 saturated carbocycles. The predicted octanol–water partition coefficient (Wildman–Crippen LogP) is 2.86. The molecule has 6 rings (SSSR count). The zero-order valence-electron chi connectivity index (χ0n) is 23.5. The summed E-state index contributed by atoms with van der Waals surface area (Å²) in [5.41, 5.74) is -1.47. The monoisotopic (exact) mass is 557 g/mol. The minimum absolute atomic E-state index is 0.0812. The van der Waals surface area contributed by atoms with Gasteiger partial charge in [-0.2, -0.15) is 5.06 Å². The van der Waals surface area contributed by atoms with Gasteiger partial charge < -0.3 is 19.7 Å². The molecule has 0 aromatic rings. The number of ketones is 2. The van der Waals surface area contributed by atoms with Crippen molar-refractivity contribution in [3.63, 3.8) is 0 Å². The smallest absolute Gasteiger partial charge is 0.192 e. The van der Waals surface area contributed by atoms with Crippen molar-refractivity contribution in [2.24, 2.45) is 34.5 Å². The maximum absolute atomic E-state index is 15.8. The van der Waals surface area contributed by atoms with E-state index in [1.165, 1.54) is 12.2 Å². The second-order valence-electron chi connectivity index (χ2n) is 12.8. The summed E-state index contributed by atoms with van der Waals surface area (Å²) in [4.78, 5) is 32.4. The number of halogens is 1. The standard InChI is InChI=1S/C31H40FNO7/c1-4-18(9-21-17-38-7-8-39-21)14-33-15-19-10-23-22-12-25(32)24-11-20(35)5-6-29(24,2)28(22)26(36)13-30(23,3)31(19,40-33)27(37)16-34/h4-6,9,11,19,22-23,25-26,28,34,36H,7-8,10,12-17H2,1-3H3/b18-4+,21-9+/t19-,22-,23-,25-,26?,28?,29-,30-,31-/m0/s1. The van der Waals surface area contributed by atoms with Crippen LogP contribution in [0.25, 0.3) is 0 Å². The van der Waals surface area contributed by atoms with Gasteiger partial charge in [0.1, 0.15) is 31.8 Å². The predicted molar refractivity (Wildman–Crippen MR) is 143 cm³/mol. The number of Topliss-reactive ketones (excluding diaryl/α,β-unsaturated/α-hetero) is 1. The van der Waals surface area contributed by atoms with Crippen LogP contribution in [0.5, 0.6) is 0 Å². The van der Waals surface area contributed by atoms with Crippen LogP contribution >= 0.6 is 0 Å². The Kier molecular flexibility index (Phi) is 6.98. The first-order valence-corrected chi connectivity index (χ1v) is 14.5. The quantitative estimate of drug-likeness (QED) is 0.532. The number of hydrogen-bond donors (Lipinski definition) is 2. The van der Waals surface area contributed by atoms with Crippen LogP contribution in [-0.2, 0) is 23.9 Å². The van der Waals surface area contributed by atoms with Gasteiger partial charge in [0, 0.05) is 35.8 Å². The highest BCUT2D eigenvalue weighted by atomic mass is 19.1. The number of carbonyl (C=O) groups is 2. The molecule has 2 N–H and O–H groups in total. The van der Waals surface area contributed by atoms with Gasteiger partial charge in [-0.15, -0.1) is 0 Å². The van der Waals surface area contributed by atoms with E-state index in [1.54, 1.807) is 11.1 Å². The van der Waals surface area contributed by atoms with Crippen LogP contribution in [-0.4, -0.2) is 84.2 Å². The van der Waals surface area contributed by atoms with Crippen LogP contribution in [0.1, 0.15) is 40.0 Å². The van der Waals surface area contributed by atoms with Crippen LogP contribution < -0.4 is 0 Å². The molecule has 0 aromatic carbocycles. The maximum Gasteiger partial charge on any atom is 0.192 e. The van der Waals surface area contributed by atoms with Crippen molar-refractivity contribution in [2.75, 3.05) is 39.5 Å². The second-order valence-corrected chi connectivity index (χ2v) is 12.8. The first kappa shape index (κ1) is 28.0. The van der Waals surface area contributed by atoms with E-state index in [2.05, 4.69) is 0 Å². The Hall–Kier alpha value is -2.17. The number of aliphatic hydroxyl groups excluding tert-OH is 2. The molecule has 40 heavy (non-hydrogen) atoms. The third kappa shape index (κ3) is 3.96. The van der Waals surface area contributed by atoms with Gasteiger partial charge >= 0.3 is 0 Å². The zero-order chi connectivity index (χ0) is 28.4. The summed E-state index contributed by atoms with van der Waals surface area (Å²) >= 11 is 0. The number of alkyl halides is 1. The number of nitrogens with zero attached hydrogens (tertiary/aromatic N) is 1. The Bertz CT molecular complexity index is 1200. The Balaban J connectivity index is 1.31. The lowest BCUT2D eigenvalue weighted by Crippen LogP contribution is -2.64. The van der Waals surface area contributed by atoms with Crippen LogP contribution in [0.4, 0.5) is 4.39 Å². The maximum atomic E-state index is 15.8. The lowest BCUT2D eigenvalue weighted by atomic mass is 9.46. The van der Waals surface area contributed by atoms with E-state index in [-0.39, 0.29) is 41.7 Å². The van der Waals surface area contributed by atoms with Crippen molar-refractivity contribution in [2.45, 2.75) is 57.9 Å². The minimum Gasteiger partial charge on any atom is -0.493 e. The number of rotatable bonds is 5. The number of carbonyl (C=O) groups excluding carboxylic acids is 2. The molecule has 0 aromatic heterocycles. The van der Waals surface area contributed by atoms with Crippen molar-refractivity contribution in [1.82, 2.24) is 5.06 Å². The van der Waals surface area contributed by atoms with Crippen molar-refractivity contribution in [3.8, 4) is 0 Å². The summed E-state index contributed by atoms with van der Waals surface area (Å²) in [6.07, 6.45) is 7.58. The second kappa shape index (κ2) is 9.98. The third-order valence-corrected chi connectivity index (χ3v) is 10.9. The molecule has 8 nitrogen and oxygen atoms in total. The van der Waals surface area contributed by atoms with Gasteiger partial charge in [-0.1, -0.05) is 26.0 Å². The number of allylic oxidation sites excluding steroid dienone is 5. The van der Waals surface area contributed by atoms with Gasteiger partial charge in [-0.25, -0.2) is 4.39 Å². The number of hydrogen-bond acceptors (Lipinski definition) is 8. The van der Waals surface area contributed by atoms with E-state index < -0.39 is 35.3 Å². The van der Waals surface area contributed by atoms with Gasteiger partial charge in [0.25, 0.3) is 0 Å². The summed E-state index contributed by atoms with van der Waals surface area (Å²) in [5, 5.41) is 23.7. The van der Waals surface area contributed by atoms with Gasteiger partial charge in [-0.3, -0.25) is 14.4 Å². The van der Waals surface area contributed by atoms with E-state index in [4.69, 9.17) is 14.3 Å². The van der Waals surface area contributed by atoms with E-state index in [1.807, 2.05) is 32.9 Å². The molecule has 2 aliphatic heterocycles. The molecule has 9 atom stereocenters. The highest BCUT2D eigenvalue weighted by Crippen LogP contribution is 2.70. The SMILES string of the molecule is C/C=C(\C=C1/COCCO1)CN1C[C@@H]2C[C@H]3[C@@H]4C[C@H](F)C5=CC(=O)C=C[C@]5(C)C4C(O)C[C@]3(C)[C@]2(C(=O)CO)O1. The Morgan fingerprint density at radius 1 is 1.27 bits per heavy atom. The Labute approximate surface area is 234 Å². The summed E-state index contributed by atoms with van der Waals surface area (Å²) in [6.45, 7) is 7.57. The molecule has 2 unspecified atom stereocenters. The van der Waals surface area contributed by atoms with Crippen molar-refractivity contribution < 1.29 is 38.5 Å². The highest BCUT2D eigenvalue weighted by molar-refractivity contribution is 6.01. The molecule has 0 spiro atoms. The lowest BCUT2D eigenvalue weighted by Gasteiger charge is -2.60. The molecule has 9 heteroatoms. The molecule has 6 aliphatic rings. The third-order valence-electron chi connectivity index (χ3n) is 10.9. The van der Waals surface area contributed by atoms with Gasteiger partial charge in [0.2, 0.25) is 0 Å². The molecule has 0 bridgehead atoms. The summed E-state index contributed by atoms with van der Waals surface area (Å²) in [7, 11) is 0. The van der Waals surface area contributed by atoms with Crippen molar-refractivity contribution in [3.05, 3.63) is 47.3 Å². The molecule has 4 aliphatic carbocycles. The fourth-order valence-corrected chi connectivity index (χ4v) is 9.32. The van der Waals surface area contributed by atoms with E-state index in [0.29, 0.717) is 51.3 Å². The van der Waals surface area contributed by atoms with E-state index >= 15 is 4.39 Å². The zero-order valence-corrected chi connectivity index (χ0v) is 23.5. The first-order chi connectivity index (χ1) is 19.1. The van der Waals surface area contributed by atoms with Gasteiger partial charge in [0.05, 0.1) is 12.7 Å². The average Bonchev–Trinajstić information content (AvgIpc) is 3.41. The van der Waals surface area contributed by atoms with Crippen molar-refractivity contribution >= 4 is 11.6 Å². The first-order valence-electron chi connectivity index (χ1n) is 14.5. The Morgan fingerprint density at radius 2 is 2.08 bits per heavy atom. The number of aliphatic hydroxyl groups is 2. The molecule has 2 heterocycles. The molecule has 218 valence electrons. The Morgan fingerprint density at radius 3 is 2.77 bits per heavy atom. The molecule has 0 amide bonds. The largest absolute Gasteiger partial charge is 0.493 e. The fraction of sp³-hybridized carbons (Fsp3) is 0.677. The summed E-state index contributed by atoms with van der Waals surface area (Å²) < 4.78 is 26.9. The molecule has 5 fully saturated rings. The van der Waals surface area contributed by atoms with E-state index in [0.717, 1.165) is 11.3 Å². The van der Waals surface area contributed by atoms with Gasteiger partial charge in [0.15, 0.2) is 17.2 Å². The average molecular weight is 558 g/mol. The summed E-state index contributed by atoms with van der Waals surface area (Å²) in [5.74, 6) is -0.632. The summed E-state index contributed by atoms with van der Waals surface area (Å²) in [6, 6.07) is 0. The normalized spacial score (nSPS) is 45.9. The lowest BCUT2D eigenvalue weighted by molar-refractivity contribution is -0.249. The molecular formula is C31H40FNO7. The highest BCUT2D eigenvalue weighted by Gasteiger charge is 2.75. The van der Waals surface area contributed by atoms with Crippen LogP contribution in [0.2, 0.25) is 0 Å². The fourth-order valence-electron chi connectivity index (χ4n) is 9.32. The molecular weight excluding hydrogens is 517 g/mol. The van der Waals surface area contributed by atoms with Crippen LogP contribution in [0.3, 0.4) is 0 Å². The van der Waals surface area contributed by atoms with Gasteiger partial charge in [-0.05, 0) is 67.4 Å². The number of ether oxygens (including phenoxy) is 2. The number of hydroxylamine groups is 2. The van der Waals surface area contributed by atoms with Crippen molar-refractivity contribution in [1.29, 1.82) is 0 Å². The number of fused-ring (bicyclic) bond motifs is 7. The van der Waals surface area contributed by atoms with Crippen LogP contribution in [0, 0.1) is 34.5 Å². The molecule has 2 saturated heterocycles. The minimum atomic E-state index is -1.31. The van der Waals surface area contributed by atoms with E-state index in [9.17, 15) is 19.8 Å². The topological polar surface area (TPSA) is 106 Å². The van der Waals surface area contributed by atoms with Crippen LogP contribution in [0.15, 0.2) is 47.3 Å². The molecule has 0 radical (unpaired) electrons.